The quantitative estimate of drug-likeness (QED) is 0.106. The maximum absolute atomic E-state index is 13.2. The zero-order valence-electron chi connectivity index (χ0n) is 24.3. The standard InChI is InChI=1S/C35H50O3/c1-4-6-8-10-12-16-25-35(26-17-13-11-9-7-5-2)31-20-15-14-19-29(31)30-24-23-28(27-32(30)35)33(36)21-18-22-34(37)38-3/h14-15,19-20,23-24,27H,4-13,16-18,21-22,25-26H2,1-3H3. The second-order valence-corrected chi connectivity index (χ2v) is 11.3. The number of hydrogen-bond donors (Lipinski definition) is 0. The van der Waals surface area contributed by atoms with Crippen LogP contribution in [-0.4, -0.2) is 18.9 Å². The van der Waals surface area contributed by atoms with Crippen LogP contribution in [0.15, 0.2) is 42.5 Å². The third-order valence-electron chi connectivity index (χ3n) is 8.52. The molecule has 0 heterocycles. The van der Waals surface area contributed by atoms with Crippen molar-refractivity contribution in [1.82, 2.24) is 0 Å². The molecule has 0 saturated heterocycles. The smallest absolute Gasteiger partial charge is 0.305 e. The molecule has 1 aliphatic rings. The van der Waals surface area contributed by atoms with Gasteiger partial charge in [-0.2, -0.15) is 0 Å². The number of carbonyl (C=O) groups excluding carboxylic acids is 2. The van der Waals surface area contributed by atoms with Gasteiger partial charge in [0.1, 0.15) is 0 Å². The minimum absolute atomic E-state index is 0.0102. The normalized spacial score (nSPS) is 13.2. The van der Waals surface area contributed by atoms with Gasteiger partial charge in [-0.05, 0) is 47.6 Å². The maximum atomic E-state index is 13.2. The number of ketones is 1. The van der Waals surface area contributed by atoms with Gasteiger partial charge in [-0.1, -0.05) is 127 Å². The van der Waals surface area contributed by atoms with Gasteiger partial charge in [0.05, 0.1) is 7.11 Å². The molecule has 0 fully saturated rings. The maximum Gasteiger partial charge on any atom is 0.305 e. The highest BCUT2D eigenvalue weighted by Gasteiger charge is 2.42. The molecular weight excluding hydrogens is 468 g/mol. The van der Waals surface area contributed by atoms with Crippen LogP contribution in [0.2, 0.25) is 0 Å². The Hall–Kier alpha value is -2.42. The van der Waals surface area contributed by atoms with E-state index in [1.54, 1.807) is 0 Å². The van der Waals surface area contributed by atoms with Crippen molar-refractivity contribution in [2.45, 2.75) is 128 Å². The summed E-state index contributed by atoms with van der Waals surface area (Å²) in [7, 11) is 1.40. The van der Waals surface area contributed by atoms with Crippen molar-refractivity contribution in [3.63, 3.8) is 0 Å². The molecule has 0 spiro atoms. The summed E-state index contributed by atoms with van der Waals surface area (Å²) < 4.78 is 4.75. The number of rotatable bonds is 19. The highest BCUT2D eigenvalue weighted by atomic mass is 16.5. The Morgan fingerprint density at radius 1 is 0.658 bits per heavy atom. The van der Waals surface area contributed by atoms with E-state index in [1.807, 2.05) is 6.07 Å². The fourth-order valence-electron chi connectivity index (χ4n) is 6.35. The lowest BCUT2D eigenvalue weighted by Gasteiger charge is -2.33. The van der Waals surface area contributed by atoms with Crippen LogP contribution in [0.5, 0.6) is 0 Å². The first-order chi connectivity index (χ1) is 18.6. The summed E-state index contributed by atoms with van der Waals surface area (Å²) in [5.74, 6) is -0.125. The van der Waals surface area contributed by atoms with Crippen LogP contribution in [0.3, 0.4) is 0 Å². The Labute approximate surface area is 231 Å². The molecule has 0 aliphatic heterocycles. The van der Waals surface area contributed by atoms with E-state index in [2.05, 4.69) is 50.2 Å². The predicted molar refractivity (Wildman–Crippen MR) is 159 cm³/mol. The molecule has 3 heteroatoms. The second-order valence-electron chi connectivity index (χ2n) is 11.3. The van der Waals surface area contributed by atoms with Gasteiger partial charge in [-0.25, -0.2) is 0 Å². The molecular formula is C35H50O3. The minimum Gasteiger partial charge on any atom is -0.469 e. The van der Waals surface area contributed by atoms with E-state index in [9.17, 15) is 9.59 Å². The summed E-state index contributed by atoms with van der Waals surface area (Å²) in [6, 6.07) is 15.4. The van der Waals surface area contributed by atoms with Crippen LogP contribution in [0, 0.1) is 0 Å². The van der Waals surface area contributed by atoms with Gasteiger partial charge >= 0.3 is 5.97 Å². The molecule has 0 aromatic heterocycles. The fraction of sp³-hybridized carbons (Fsp3) is 0.600. The zero-order valence-corrected chi connectivity index (χ0v) is 24.3. The van der Waals surface area contributed by atoms with E-state index in [-0.39, 0.29) is 17.2 Å². The number of unbranched alkanes of at least 4 members (excludes halogenated alkanes) is 10. The van der Waals surface area contributed by atoms with Crippen LogP contribution in [0.1, 0.15) is 144 Å². The molecule has 0 radical (unpaired) electrons. The van der Waals surface area contributed by atoms with Gasteiger partial charge in [-0.3, -0.25) is 9.59 Å². The number of esters is 1. The summed E-state index contributed by atoms with van der Waals surface area (Å²) in [5, 5.41) is 0. The van der Waals surface area contributed by atoms with Gasteiger partial charge in [0.2, 0.25) is 0 Å². The number of Topliss-reactive ketones (excluding diaryl/α,β-unsaturated/α-hetero) is 1. The average molecular weight is 519 g/mol. The van der Waals surface area contributed by atoms with Crippen LogP contribution in [-0.2, 0) is 14.9 Å². The van der Waals surface area contributed by atoms with Crippen molar-refractivity contribution in [3.8, 4) is 11.1 Å². The Morgan fingerprint density at radius 3 is 1.87 bits per heavy atom. The van der Waals surface area contributed by atoms with Gasteiger partial charge in [0.25, 0.3) is 0 Å². The van der Waals surface area contributed by atoms with Crippen molar-refractivity contribution in [3.05, 3.63) is 59.2 Å². The molecule has 0 atom stereocenters. The van der Waals surface area contributed by atoms with Crippen LogP contribution >= 0.6 is 0 Å². The number of benzene rings is 2. The molecule has 0 unspecified atom stereocenters. The number of ether oxygens (including phenoxy) is 1. The van der Waals surface area contributed by atoms with E-state index in [0.717, 1.165) is 18.4 Å². The Balaban J connectivity index is 1.86. The second kappa shape index (κ2) is 15.9. The zero-order chi connectivity index (χ0) is 27.2. The first-order valence-electron chi connectivity index (χ1n) is 15.4. The van der Waals surface area contributed by atoms with Gasteiger partial charge in [-0.15, -0.1) is 0 Å². The third kappa shape index (κ3) is 7.80. The Morgan fingerprint density at radius 2 is 1.24 bits per heavy atom. The molecule has 0 saturated carbocycles. The topological polar surface area (TPSA) is 43.4 Å². The van der Waals surface area contributed by atoms with Gasteiger partial charge < -0.3 is 4.74 Å². The Bertz CT molecular complexity index is 1010. The summed E-state index contributed by atoms with van der Waals surface area (Å²) >= 11 is 0. The summed E-state index contributed by atoms with van der Waals surface area (Å²) in [5.41, 5.74) is 6.26. The highest BCUT2D eigenvalue weighted by molar-refractivity contribution is 5.98. The van der Waals surface area contributed by atoms with Crippen molar-refractivity contribution < 1.29 is 14.3 Å². The van der Waals surface area contributed by atoms with Gasteiger partial charge in [0, 0.05) is 23.8 Å². The monoisotopic (exact) mass is 518 g/mol. The van der Waals surface area contributed by atoms with E-state index < -0.39 is 0 Å². The molecule has 0 amide bonds. The lowest BCUT2D eigenvalue weighted by atomic mass is 9.70. The SMILES string of the molecule is CCCCCCCCC1(CCCCCCCC)c2ccccc2-c2ccc(C(=O)CCCC(=O)OC)cc21. The summed E-state index contributed by atoms with van der Waals surface area (Å²) in [6.45, 7) is 4.55. The molecule has 3 nitrogen and oxygen atoms in total. The highest BCUT2D eigenvalue weighted by Crippen LogP contribution is 2.54. The molecule has 2 aromatic rings. The van der Waals surface area contributed by atoms with E-state index in [4.69, 9.17) is 4.74 Å². The van der Waals surface area contributed by atoms with Crippen molar-refractivity contribution in [2.75, 3.05) is 7.11 Å². The third-order valence-corrected chi connectivity index (χ3v) is 8.52. The molecule has 38 heavy (non-hydrogen) atoms. The predicted octanol–water partition coefficient (Wildman–Crippen LogP) is 9.98. The Kier molecular flexibility index (Phi) is 12.6. The average Bonchev–Trinajstić information content (AvgIpc) is 3.21. The molecule has 0 N–H and O–H groups in total. The number of fused-ring (bicyclic) bond motifs is 3. The van der Waals surface area contributed by atoms with Crippen molar-refractivity contribution >= 4 is 11.8 Å². The fourth-order valence-corrected chi connectivity index (χ4v) is 6.35. The van der Waals surface area contributed by atoms with Crippen LogP contribution in [0.25, 0.3) is 11.1 Å². The van der Waals surface area contributed by atoms with Gasteiger partial charge in [0.15, 0.2) is 5.78 Å². The number of carbonyl (C=O) groups is 2. The van der Waals surface area contributed by atoms with Crippen LogP contribution < -0.4 is 0 Å². The first kappa shape index (κ1) is 30.1. The van der Waals surface area contributed by atoms with E-state index >= 15 is 0 Å². The number of hydrogen-bond acceptors (Lipinski definition) is 3. The van der Waals surface area contributed by atoms with Crippen molar-refractivity contribution in [1.29, 1.82) is 0 Å². The minimum atomic E-state index is -0.251. The number of methoxy groups -OCH3 is 1. The molecule has 0 bridgehead atoms. The van der Waals surface area contributed by atoms with Crippen LogP contribution in [0.4, 0.5) is 0 Å². The largest absolute Gasteiger partial charge is 0.469 e. The summed E-state index contributed by atoms with van der Waals surface area (Å²) in [4.78, 5) is 24.7. The lowest BCUT2D eigenvalue weighted by Crippen LogP contribution is -2.26. The lowest BCUT2D eigenvalue weighted by molar-refractivity contribution is -0.140. The summed E-state index contributed by atoms with van der Waals surface area (Å²) in [6.07, 6.45) is 19.0. The molecule has 1 aliphatic carbocycles. The molecule has 3 rings (SSSR count). The van der Waals surface area contributed by atoms with Crippen molar-refractivity contribution in [2.24, 2.45) is 0 Å². The molecule has 2 aromatic carbocycles. The van der Waals surface area contributed by atoms with E-state index in [0.29, 0.717) is 19.3 Å². The molecule has 208 valence electrons. The van der Waals surface area contributed by atoms with E-state index in [1.165, 1.54) is 106 Å². The first-order valence-corrected chi connectivity index (χ1v) is 15.4.